The van der Waals surface area contributed by atoms with Gasteiger partial charge in [-0.2, -0.15) is 0 Å². The van der Waals surface area contributed by atoms with Gasteiger partial charge >= 0.3 is 12.0 Å². The van der Waals surface area contributed by atoms with Gasteiger partial charge in [0.05, 0.1) is 5.92 Å². The van der Waals surface area contributed by atoms with Gasteiger partial charge in [-0.1, -0.05) is 13.0 Å². The van der Waals surface area contributed by atoms with Crippen LogP contribution in [0.4, 0.5) is 10.5 Å². The maximum Gasteiger partial charge on any atom is 0.321 e. The zero-order chi connectivity index (χ0) is 17.7. The Kier molecular flexibility index (Phi) is 5.52. The summed E-state index contributed by atoms with van der Waals surface area (Å²) in [5.41, 5.74) is 3.83. The van der Waals surface area contributed by atoms with Gasteiger partial charge in [-0.3, -0.25) is 9.78 Å². The number of aliphatic carboxylic acids is 1. The van der Waals surface area contributed by atoms with Crippen molar-refractivity contribution in [2.75, 3.05) is 18.9 Å². The molecule has 24 heavy (non-hydrogen) atoms. The second-order valence-corrected chi connectivity index (χ2v) is 5.82. The van der Waals surface area contributed by atoms with E-state index < -0.39 is 11.9 Å². The molecule has 0 bridgehead atoms. The van der Waals surface area contributed by atoms with Crippen molar-refractivity contribution >= 4 is 17.7 Å². The highest BCUT2D eigenvalue weighted by Gasteiger charge is 2.17. The first kappa shape index (κ1) is 17.5. The summed E-state index contributed by atoms with van der Waals surface area (Å²) < 4.78 is 0. The number of hydrogen-bond acceptors (Lipinski definition) is 3. The first-order valence-corrected chi connectivity index (χ1v) is 7.64. The van der Waals surface area contributed by atoms with Crippen LogP contribution in [0.3, 0.4) is 0 Å². The summed E-state index contributed by atoms with van der Waals surface area (Å²) in [6.07, 6.45) is 3.48. The zero-order valence-electron chi connectivity index (χ0n) is 14.0. The third-order valence-electron chi connectivity index (χ3n) is 3.78. The maximum absolute atomic E-state index is 12.2. The smallest absolute Gasteiger partial charge is 0.321 e. The van der Waals surface area contributed by atoms with Crippen LogP contribution in [0.5, 0.6) is 0 Å². The third kappa shape index (κ3) is 4.32. The quantitative estimate of drug-likeness (QED) is 0.883. The van der Waals surface area contributed by atoms with E-state index in [1.54, 1.807) is 26.4 Å². The molecule has 0 aliphatic heterocycles. The number of rotatable bonds is 5. The number of nitrogens with one attached hydrogen (secondary N) is 1. The van der Waals surface area contributed by atoms with Crippen molar-refractivity contribution in [2.45, 2.75) is 13.8 Å². The number of aromatic nitrogens is 1. The molecular weight excluding hydrogens is 306 g/mol. The minimum Gasteiger partial charge on any atom is -0.481 e. The molecule has 0 fully saturated rings. The fraction of sp³-hybridized carbons (Fsp3) is 0.278. The lowest BCUT2D eigenvalue weighted by atomic mass is 10.0. The summed E-state index contributed by atoms with van der Waals surface area (Å²) >= 11 is 0. The van der Waals surface area contributed by atoms with E-state index in [9.17, 15) is 9.59 Å². The van der Waals surface area contributed by atoms with Crippen LogP contribution in [0.15, 0.2) is 42.7 Å². The fourth-order valence-electron chi connectivity index (χ4n) is 2.39. The van der Waals surface area contributed by atoms with E-state index in [0.29, 0.717) is 5.69 Å². The van der Waals surface area contributed by atoms with Crippen LogP contribution in [0.2, 0.25) is 0 Å². The van der Waals surface area contributed by atoms with Crippen LogP contribution < -0.4 is 5.32 Å². The van der Waals surface area contributed by atoms with Crippen LogP contribution in [-0.4, -0.2) is 40.6 Å². The number of benzene rings is 1. The maximum atomic E-state index is 12.2. The molecule has 126 valence electrons. The molecule has 2 N–H and O–H groups in total. The predicted octanol–water partition coefficient (Wildman–Crippen LogP) is 3.24. The van der Waals surface area contributed by atoms with Crippen LogP contribution in [0.1, 0.15) is 12.5 Å². The molecule has 2 amide bonds. The van der Waals surface area contributed by atoms with Gasteiger partial charge in [0.15, 0.2) is 0 Å². The standard InChI is InChI=1S/C18H21N3O3/c1-12-10-15(4-5-16(12)14-6-8-19-9-7-14)20-18(24)21(3)11-13(2)17(22)23/h4-10,13H,11H2,1-3H3,(H,20,24)(H,22,23). The van der Waals surface area contributed by atoms with E-state index in [1.807, 2.05) is 37.3 Å². The van der Waals surface area contributed by atoms with Crippen molar-refractivity contribution in [1.29, 1.82) is 0 Å². The second-order valence-electron chi connectivity index (χ2n) is 5.82. The van der Waals surface area contributed by atoms with Gasteiger partial charge in [-0.15, -0.1) is 0 Å². The van der Waals surface area contributed by atoms with Crippen LogP contribution in [0, 0.1) is 12.8 Å². The number of carboxylic acids is 1. The highest BCUT2D eigenvalue weighted by molar-refractivity contribution is 5.90. The van der Waals surface area contributed by atoms with E-state index >= 15 is 0 Å². The molecule has 0 aliphatic carbocycles. The summed E-state index contributed by atoms with van der Waals surface area (Å²) in [5, 5.41) is 11.7. The molecule has 0 saturated heterocycles. The molecule has 1 atom stereocenters. The molecule has 2 aromatic rings. The SMILES string of the molecule is Cc1cc(NC(=O)N(C)CC(C)C(=O)O)ccc1-c1ccncc1. The molecule has 6 nitrogen and oxygen atoms in total. The molecule has 1 aromatic heterocycles. The molecule has 1 aromatic carbocycles. The largest absolute Gasteiger partial charge is 0.481 e. The normalized spacial score (nSPS) is 11.6. The van der Waals surface area contributed by atoms with Crippen molar-refractivity contribution in [1.82, 2.24) is 9.88 Å². The third-order valence-corrected chi connectivity index (χ3v) is 3.78. The Balaban J connectivity index is 2.07. The lowest BCUT2D eigenvalue weighted by molar-refractivity contribution is -0.141. The molecule has 1 unspecified atom stereocenters. The predicted molar refractivity (Wildman–Crippen MR) is 92.9 cm³/mol. The van der Waals surface area contributed by atoms with E-state index in [-0.39, 0.29) is 12.6 Å². The molecule has 2 rings (SSSR count). The summed E-state index contributed by atoms with van der Waals surface area (Å²) in [4.78, 5) is 28.4. The van der Waals surface area contributed by atoms with Crippen molar-refractivity contribution in [3.63, 3.8) is 0 Å². The van der Waals surface area contributed by atoms with Crippen molar-refractivity contribution in [2.24, 2.45) is 5.92 Å². The highest BCUT2D eigenvalue weighted by Crippen LogP contribution is 2.25. The molecule has 0 radical (unpaired) electrons. The van der Waals surface area contributed by atoms with Gasteiger partial charge in [-0.25, -0.2) is 4.79 Å². The Labute approximate surface area is 141 Å². The summed E-state index contributed by atoms with van der Waals surface area (Å²) in [6.45, 7) is 3.69. The van der Waals surface area contributed by atoms with Gasteiger partial charge < -0.3 is 15.3 Å². The molecule has 0 aliphatic rings. The fourth-order valence-corrected chi connectivity index (χ4v) is 2.39. The first-order chi connectivity index (χ1) is 11.4. The number of nitrogens with zero attached hydrogens (tertiary/aromatic N) is 2. The Hall–Kier alpha value is -2.89. The van der Waals surface area contributed by atoms with E-state index in [0.717, 1.165) is 16.7 Å². The number of carbonyl (C=O) groups excluding carboxylic acids is 1. The van der Waals surface area contributed by atoms with Gasteiger partial charge in [0.2, 0.25) is 0 Å². The zero-order valence-corrected chi connectivity index (χ0v) is 14.0. The van der Waals surface area contributed by atoms with Crippen molar-refractivity contribution < 1.29 is 14.7 Å². The number of anilines is 1. The summed E-state index contributed by atoms with van der Waals surface area (Å²) in [6, 6.07) is 9.19. The highest BCUT2D eigenvalue weighted by atomic mass is 16.4. The Bertz CT molecular complexity index is 732. The topological polar surface area (TPSA) is 82.5 Å². The van der Waals surface area contributed by atoms with Crippen molar-refractivity contribution in [3.8, 4) is 11.1 Å². The Morgan fingerprint density at radius 2 is 1.92 bits per heavy atom. The number of carbonyl (C=O) groups is 2. The first-order valence-electron chi connectivity index (χ1n) is 7.64. The number of aryl methyl sites for hydroxylation is 1. The average Bonchev–Trinajstić information content (AvgIpc) is 2.55. The number of pyridine rings is 1. The molecule has 6 heteroatoms. The van der Waals surface area contributed by atoms with Gasteiger partial charge in [0, 0.05) is 31.7 Å². The average molecular weight is 327 g/mol. The van der Waals surface area contributed by atoms with E-state index in [1.165, 1.54) is 4.90 Å². The van der Waals surface area contributed by atoms with Crippen LogP contribution in [0.25, 0.3) is 11.1 Å². The molecule has 1 heterocycles. The Morgan fingerprint density at radius 1 is 1.25 bits per heavy atom. The Morgan fingerprint density at radius 3 is 2.50 bits per heavy atom. The summed E-state index contributed by atoms with van der Waals surface area (Å²) in [7, 11) is 1.58. The monoisotopic (exact) mass is 327 g/mol. The van der Waals surface area contributed by atoms with Crippen LogP contribution in [-0.2, 0) is 4.79 Å². The van der Waals surface area contributed by atoms with E-state index in [2.05, 4.69) is 10.3 Å². The van der Waals surface area contributed by atoms with Gasteiger partial charge in [0.25, 0.3) is 0 Å². The number of urea groups is 1. The lowest BCUT2D eigenvalue weighted by Gasteiger charge is -2.20. The molecule has 0 spiro atoms. The summed E-state index contributed by atoms with van der Waals surface area (Å²) in [5.74, 6) is -1.54. The molecular formula is C18H21N3O3. The minimum atomic E-state index is -0.924. The number of carboxylic acid groups (broad SMARTS) is 1. The lowest BCUT2D eigenvalue weighted by Crippen LogP contribution is -2.36. The van der Waals surface area contributed by atoms with Crippen molar-refractivity contribution in [3.05, 3.63) is 48.3 Å². The number of amides is 2. The van der Waals surface area contributed by atoms with Gasteiger partial charge in [-0.05, 0) is 47.9 Å². The van der Waals surface area contributed by atoms with Crippen LogP contribution >= 0.6 is 0 Å². The van der Waals surface area contributed by atoms with Gasteiger partial charge in [0.1, 0.15) is 0 Å². The van der Waals surface area contributed by atoms with E-state index in [4.69, 9.17) is 5.11 Å². The minimum absolute atomic E-state index is 0.148. The molecule has 0 saturated carbocycles. The number of hydrogen-bond donors (Lipinski definition) is 2. The second kappa shape index (κ2) is 7.59.